The highest BCUT2D eigenvalue weighted by Gasteiger charge is 2.16. The number of aromatic nitrogens is 2. The van der Waals surface area contributed by atoms with Crippen molar-refractivity contribution in [1.29, 1.82) is 0 Å². The van der Waals surface area contributed by atoms with Crippen LogP contribution in [0.5, 0.6) is 0 Å². The van der Waals surface area contributed by atoms with Crippen molar-refractivity contribution < 1.29 is 9.59 Å². The highest BCUT2D eigenvalue weighted by atomic mass is 32.1. The summed E-state index contributed by atoms with van der Waals surface area (Å²) in [6.45, 7) is 4.48. The zero-order valence-electron chi connectivity index (χ0n) is 18.0. The molecule has 2 aromatic carbocycles. The van der Waals surface area contributed by atoms with Crippen molar-refractivity contribution in [3.05, 3.63) is 93.7 Å². The first-order chi connectivity index (χ1) is 15.5. The molecule has 2 heterocycles. The average Bonchev–Trinajstić information content (AvgIpc) is 3.41. The molecule has 2 aromatic heterocycles. The van der Waals surface area contributed by atoms with Gasteiger partial charge in [-0.25, -0.2) is 4.68 Å². The number of hydrogen-bond acceptors (Lipinski definition) is 4. The van der Waals surface area contributed by atoms with Gasteiger partial charge in [-0.2, -0.15) is 5.10 Å². The molecule has 0 bridgehead atoms. The Labute approximate surface area is 190 Å². The van der Waals surface area contributed by atoms with Gasteiger partial charge in [0, 0.05) is 23.4 Å². The largest absolute Gasteiger partial charge is 0.351 e. The van der Waals surface area contributed by atoms with Gasteiger partial charge >= 0.3 is 0 Å². The average molecular weight is 445 g/mol. The number of nitrogens with one attached hydrogen (secondary N) is 2. The molecule has 0 saturated heterocycles. The molecule has 6 nitrogen and oxygen atoms in total. The number of carbonyl (C=O) groups excluding carboxylic acids is 2. The predicted octanol–water partition coefficient (Wildman–Crippen LogP) is 4.86. The van der Waals surface area contributed by atoms with Crippen molar-refractivity contribution in [2.24, 2.45) is 0 Å². The second kappa shape index (κ2) is 9.62. The molecular formula is C25H24N4O2S. The van der Waals surface area contributed by atoms with Gasteiger partial charge in [-0.3, -0.25) is 9.59 Å². The van der Waals surface area contributed by atoms with Crippen LogP contribution in [-0.2, 0) is 17.9 Å². The maximum Gasteiger partial charge on any atom is 0.266 e. The Morgan fingerprint density at radius 1 is 1.00 bits per heavy atom. The minimum atomic E-state index is -0.199. The van der Waals surface area contributed by atoms with E-state index in [4.69, 9.17) is 5.10 Å². The number of thiophene rings is 1. The number of hydrogen-bond donors (Lipinski definition) is 2. The molecule has 4 aromatic rings. The maximum atomic E-state index is 13.0. The molecule has 4 rings (SSSR count). The number of carbonyl (C=O) groups is 2. The lowest BCUT2D eigenvalue weighted by Gasteiger charge is -2.08. The van der Waals surface area contributed by atoms with E-state index in [-0.39, 0.29) is 11.8 Å². The summed E-state index contributed by atoms with van der Waals surface area (Å²) in [6, 6.07) is 23.6. The lowest BCUT2D eigenvalue weighted by Crippen LogP contribution is -2.18. The lowest BCUT2D eigenvalue weighted by atomic mass is 10.1. The van der Waals surface area contributed by atoms with E-state index >= 15 is 0 Å². The van der Waals surface area contributed by atoms with Crippen molar-refractivity contribution in [2.45, 2.75) is 26.9 Å². The Morgan fingerprint density at radius 2 is 1.75 bits per heavy atom. The number of nitrogens with zero attached hydrogens (tertiary/aromatic N) is 2. The van der Waals surface area contributed by atoms with Crippen LogP contribution in [0, 0.1) is 6.92 Å². The molecule has 0 fully saturated rings. The normalized spacial score (nSPS) is 10.7. The second-order valence-corrected chi connectivity index (χ2v) is 8.67. The van der Waals surface area contributed by atoms with Gasteiger partial charge in [0.25, 0.3) is 5.91 Å². The summed E-state index contributed by atoms with van der Waals surface area (Å²) < 4.78 is 1.82. The van der Waals surface area contributed by atoms with E-state index in [0.29, 0.717) is 23.8 Å². The van der Waals surface area contributed by atoms with E-state index in [1.165, 1.54) is 18.3 Å². The number of aryl methyl sites for hydroxylation is 1. The molecule has 0 radical (unpaired) electrons. The molecule has 0 saturated carbocycles. The first-order valence-electron chi connectivity index (χ1n) is 10.3. The van der Waals surface area contributed by atoms with E-state index in [2.05, 4.69) is 10.6 Å². The predicted molar refractivity (Wildman–Crippen MR) is 128 cm³/mol. The fourth-order valence-corrected chi connectivity index (χ4v) is 4.21. The number of benzene rings is 2. The third kappa shape index (κ3) is 5.12. The summed E-state index contributed by atoms with van der Waals surface area (Å²) in [5, 5.41) is 10.6. The summed E-state index contributed by atoms with van der Waals surface area (Å²) in [5.74, 6) is 0.335. The van der Waals surface area contributed by atoms with Gasteiger partial charge in [0.15, 0.2) is 0 Å². The van der Waals surface area contributed by atoms with Crippen molar-refractivity contribution in [1.82, 2.24) is 15.1 Å². The van der Waals surface area contributed by atoms with Gasteiger partial charge in [0.05, 0.1) is 23.7 Å². The summed E-state index contributed by atoms with van der Waals surface area (Å²) in [4.78, 5) is 25.6. The fraction of sp³-hybridized carbons (Fsp3) is 0.160. The third-order valence-electron chi connectivity index (χ3n) is 5.01. The van der Waals surface area contributed by atoms with E-state index in [1.54, 1.807) is 6.07 Å². The van der Waals surface area contributed by atoms with Crippen LogP contribution < -0.4 is 10.6 Å². The Hall–Kier alpha value is -3.71. The highest BCUT2D eigenvalue weighted by Crippen LogP contribution is 2.26. The Kier molecular flexibility index (Phi) is 6.47. The first kappa shape index (κ1) is 21.5. The topological polar surface area (TPSA) is 76.0 Å². The summed E-state index contributed by atoms with van der Waals surface area (Å²) >= 11 is 1.36. The Morgan fingerprint density at radius 3 is 2.50 bits per heavy atom. The highest BCUT2D eigenvalue weighted by molar-refractivity contribution is 7.14. The molecule has 7 heteroatoms. The van der Waals surface area contributed by atoms with Crippen LogP contribution in [0.4, 0.5) is 5.82 Å². The van der Waals surface area contributed by atoms with Gasteiger partial charge in [-0.1, -0.05) is 54.6 Å². The first-order valence-corrected chi connectivity index (χ1v) is 11.1. The molecule has 0 aliphatic carbocycles. The van der Waals surface area contributed by atoms with E-state index < -0.39 is 0 Å². The van der Waals surface area contributed by atoms with Crippen LogP contribution >= 0.6 is 11.3 Å². The Balaban J connectivity index is 1.60. The van der Waals surface area contributed by atoms with Gasteiger partial charge in [-0.05, 0) is 30.2 Å². The van der Waals surface area contributed by atoms with Crippen molar-refractivity contribution in [3.63, 3.8) is 0 Å². The summed E-state index contributed by atoms with van der Waals surface area (Å²) in [6.07, 6.45) is 0. The van der Waals surface area contributed by atoms with Gasteiger partial charge in [0.1, 0.15) is 5.82 Å². The second-order valence-electron chi connectivity index (χ2n) is 7.50. The van der Waals surface area contributed by atoms with Crippen LogP contribution in [0.25, 0.3) is 11.3 Å². The molecule has 0 aliphatic rings. The van der Waals surface area contributed by atoms with Crippen LogP contribution in [0.3, 0.4) is 0 Å². The van der Waals surface area contributed by atoms with E-state index in [9.17, 15) is 9.59 Å². The van der Waals surface area contributed by atoms with Gasteiger partial charge in [0.2, 0.25) is 5.91 Å². The van der Waals surface area contributed by atoms with Gasteiger partial charge < -0.3 is 10.6 Å². The molecule has 0 aliphatic heterocycles. The lowest BCUT2D eigenvalue weighted by molar-refractivity contribution is -0.119. The number of rotatable bonds is 7. The molecule has 162 valence electrons. The Bertz CT molecular complexity index is 1240. The quantitative estimate of drug-likeness (QED) is 0.428. The van der Waals surface area contributed by atoms with Crippen molar-refractivity contribution in [3.8, 4) is 11.3 Å². The van der Waals surface area contributed by atoms with Gasteiger partial charge in [-0.15, -0.1) is 11.3 Å². The number of anilines is 1. The van der Waals surface area contributed by atoms with Crippen LogP contribution in [0.15, 0.2) is 72.8 Å². The van der Waals surface area contributed by atoms with Crippen LogP contribution in [0.1, 0.15) is 32.6 Å². The molecule has 2 N–H and O–H groups in total. The molecule has 0 atom stereocenters. The summed E-state index contributed by atoms with van der Waals surface area (Å²) in [7, 11) is 0. The third-order valence-corrected chi connectivity index (χ3v) is 6.10. The van der Waals surface area contributed by atoms with E-state index in [0.717, 1.165) is 27.3 Å². The number of amides is 2. The summed E-state index contributed by atoms with van der Waals surface area (Å²) in [5.41, 5.74) is 4.06. The van der Waals surface area contributed by atoms with Crippen LogP contribution in [0.2, 0.25) is 0 Å². The molecule has 0 spiro atoms. The smallest absolute Gasteiger partial charge is 0.266 e. The molecule has 32 heavy (non-hydrogen) atoms. The zero-order valence-corrected chi connectivity index (χ0v) is 18.8. The van der Waals surface area contributed by atoms with Crippen molar-refractivity contribution >= 4 is 29.0 Å². The molecular weight excluding hydrogens is 420 g/mol. The molecule has 0 unspecified atom stereocenters. The van der Waals surface area contributed by atoms with E-state index in [1.807, 2.05) is 78.3 Å². The van der Waals surface area contributed by atoms with Crippen LogP contribution in [-0.4, -0.2) is 21.6 Å². The SMILES string of the molecule is CC(=O)NCc1ccc(C(=O)Nc2cc(-c3ccccc3C)nn2Cc2ccccc2)s1. The fourth-order valence-electron chi connectivity index (χ4n) is 3.37. The standard InChI is InChI=1S/C25H24N4O2S/c1-17-8-6-7-11-21(17)22-14-24(29(28-22)16-19-9-4-3-5-10-19)27-25(31)23-13-12-20(32-23)15-26-18(2)30/h3-14H,15-16H2,1-2H3,(H,26,30)(H,27,31). The molecule has 2 amide bonds. The zero-order chi connectivity index (χ0) is 22.5. The maximum absolute atomic E-state index is 13.0. The minimum Gasteiger partial charge on any atom is -0.351 e. The van der Waals surface area contributed by atoms with Crippen molar-refractivity contribution in [2.75, 3.05) is 5.32 Å². The minimum absolute atomic E-state index is 0.0991. The monoisotopic (exact) mass is 444 g/mol.